The molecule has 0 fully saturated rings. The average molecular weight is 392 g/mol. The van der Waals surface area contributed by atoms with Gasteiger partial charge < -0.3 is 15.4 Å². The lowest BCUT2D eigenvalue weighted by Gasteiger charge is -2.20. The summed E-state index contributed by atoms with van der Waals surface area (Å²) in [5.74, 6) is 0.235. The summed E-state index contributed by atoms with van der Waals surface area (Å²) in [6.45, 7) is 0. The molecule has 1 aliphatic heterocycles. The second-order valence-corrected chi connectivity index (χ2v) is 7.01. The van der Waals surface area contributed by atoms with Crippen LogP contribution < -0.4 is 5.32 Å². The maximum Gasteiger partial charge on any atom is 0.138 e. The number of H-pyrrole nitrogens is 1. The zero-order chi connectivity index (χ0) is 17.0. The fourth-order valence-corrected chi connectivity index (χ4v) is 3.97. The number of anilines is 1. The molecule has 5 rings (SSSR count). The molecule has 1 atom stereocenters. The minimum Gasteiger partial charge on any atom is -0.507 e. The first-order valence-corrected chi connectivity index (χ1v) is 8.82. The van der Waals surface area contributed by atoms with Gasteiger partial charge in [-0.15, -0.1) is 0 Å². The van der Waals surface area contributed by atoms with Gasteiger partial charge in [0.05, 0.1) is 10.5 Å². The van der Waals surface area contributed by atoms with Gasteiger partial charge >= 0.3 is 0 Å². The third-order valence-electron chi connectivity index (χ3n) is 4.74. The van der Waals surface area contributed by atoms with Crippen LogP contribution in [0, 0.1) is 0 Å². The van der Waals surface area contributed by atoms with Crippen molar-refractivity contribution in [3.05, 3.63) is 76.5 Å². The van der Waals surface area contributed by atoms with Crippen LogP contribution >= 0.6 is 15.9 Å². The molecule has 3 heterocycles. The van der Waals surface area contributed by atoms with Gasteiger partial charge in [0.25, 0.3) is 0 Å². The van der Waals surface area contributed by atoms with E-state index in [-0.39, 0.29) is 11.8 Å². The highest BCUT2D eigenvalue weighted by Crippen LogP contribution is 2.44. The molecule has 0 bridgehead atoms. The number of rotatable bonds is 1. The molecule has 0 aliphatic carbocycles. The SMILES string of the molecule is Oc1ccc(C2Nc3ccccc3-c3ccnc4[nH]cc2c34)cc1Br. The Labute approximate surface area is 152 Å². The van der Waals surface area contributed by atoms with Crippen molar-refractivity contribution in [2.75, 3.05) is 5.32 Å². The van der Waals surface area contributed by atoms with Crippen LogP contribution in [0.25, 0.3) is 22.2 Å². The molecule has 0 saturated heterocycles. The topological polar surface area (TPSA) is 60.9 Å². The summed E-state index contributed by atoms with van der Waals surface area (Å²) >= 11 is 3.43. The van der Waals surface area contributed by atoms with Gasteiger partial charge in [-0.25, -0.2) is 4.98 Å². The molecule has 2 aromatic heterocycles. The van der Waals surface area contributed by atoms with Crippen LogP contribution in [0.3, 0.4) is 0 Å². The summed E-state index contributed by atoms with van der Waals surface area (Å²) in [6.07, 6.45) is 3.86. The Morgan fingerprint density at radius 2 is 1.92 bits per heavy atom. The van der Waals surface area contributed by atoms with E-state index < -0.39 is 0 Å². The van der Waals surface area contributed by atoms with Crippen molar-refractivity contribution in [3.63, 3.8) is 0 Å². The van der Waals surface area contributed by atoms with Crippen LogP contribution in [0.2, 0.25) is 0 Å². The number of hydrogen-bond donors (Lipinski definition) is 3. The van der Waals surface area contributed by atoms with E-state index in [1.165, 1.54) is 5.56 Å². The highest BCUT2D eigenvalue weighted by molar-refractivity contribution is 9.10. The van der Waals surface area contributed by atoms with E-state index in [2.05, 4.69) is 55.5 Å². The molecule has 122 valence electrons. The van der Waals surface area contributed by atoms with Gasteiger partial charge in [-0.3, -0.25) is 0 Å². The third kappa shape index (κ3) is 2.16. The molecule has 1 unspecified atom stereocenters. The van der Waals surface area contributed by atoms with Gasteiger partial charge in [0.15, 0.2) is 0 Å². The lowest BCUT2D eigenvalue weighted by atomic mass is 9.97. The van der Waals surface area contributed by atoms with Crippen molar-refractivity contribution in [2.24, 2.45) is 0 Å². The second-order valence-electron chi connectivity index (χ2n) is 6.16. The predicted octanol–water partition coefficient (Wildman–Crippen LogP) is 5.21. The molecule has 0 saturated carbocycles. The Morgan fingerprint density at radius 3 is 2.80 bits per heavy atom. The van der Waals surface area contributed by atoms with Crippen molar-refractivity contribution in [2.45, 2.75) is 6.04 Å². The van der Waals surface area contributed by atoms with Crippen LogP contribution in [0.1, 0.15) is 17.2 Å². The molecule has 4 nitrogen and oxygen atoms in total. The number of benzene rings is 2. The molecule has 4 aromatic rings. The van der Waals surface area contributed by atoms with E-state index in [0.29, 0.717) is 4.47 Å². The summed E-state index contributed by atoms with van der Waals surface area (Å²) < 4.78 is 0.683. The van der Waals surface area contributed by atoms with E-state index in [1.54, 1.807) is 6.07 Å². The van der Waals surface area contributed by atoms with E-state index in [1.807, 2.05) is 30.6 Å². The van der Waals surface area contributed by atoms with E-state index in [9.17, 15) is 5.11 Å². The van der Waals surface area contributed by atoms with Crippen LogP contribution in [0.4, 0.5) is 5.69 Å². The minimum atomic E-state index is -0.0442. The standard InChI is InChI=1S/C20H14BrN3O/c21-15-9-11(5-6-17(15)25)19-14-10-23-20-18(14)13(7-8-22-20)12-3-1-2-4-16(12)24-19/h1-10,19,24-25H,(H,22,23). The summed E-state index contributed by atoms with van der Waals surface area (Å²) in [4.78, 5) is 7.78. The number of nitrogens with zero attached hydrogens (tertiary/aromatic N) is 1. The van der Waals surface area contributed by atoms with Gasteiger partial charge in [-0.2, -0.15) is 0 Å². The smallest absolute Gasteiger partial charge is 0.138 e. The summed E-state index contributed by atoms with van der Waals surface area (Å²) in [7, 11) is 0. The summed E-state index contributed by atoms with van der Waals surface area (Å²) in [6, 6.07) is 15.9. The Bertz CT molecular complexity index is 1120. The zero-order valence-corrected chi connectivity index (χ0v) is 14.7. The highest BCUT2D eigenvalue weighted by Gasteiger charge is 2.26. The molecular weight excluding hydrogens is 378 g/mol. The van der Waals surface area contributed by atoms with Gasteiger partial charge in [-0.1, -0.05) is 24.3 Å². The van der Waals surface area contributed by atoms with E-state index in [4.69, 9.17) is 0 Å². The highest BCUT2D eigenvalue weighted by atomic mass is 79.9. The second kappa shape index (κ2) is 5.36. The van der Waals surface area contributed by atoms with Gasteiger partial charge in [0.2, 0.25) is 0 Å². The van der Waals surface area contributed by atoms with Crippen LogP contribution in [0.5, 0.6) is 5.75 Å². The van der Waals surface area contributed by atoms with Gasteiger partial charge in [0.1, 0.15) is 11.4 Å². The molecule has 0 radical (unpaired) electrons. The number of nitrogens with one attached hydrogen (secondary N) is 2. The number of aromatic hydroxyl groups is 1. The Kier molecular flexibility index (Phi) is 3.12. The van der Waals surface area contributed by atoms with Crippen molar-refractivity contribution in [1.82, 2.24) is 9.97 Å². The first-order chi connectivity index (χ1) is 12.2. The van der Waals surface area contributed by atoms with Crippen molar-refractivity contribution >= 4 is 32.7 Å². The van der Waals surface area contributed by atoms with Crippen molar-refractivity contribution in [1.29, 1.82) is 0 Å². The maximum atomic E-state index is 9.84. The average Bonchev–Trinajstić information content (AvgIpc) is 3.00. The minimum absolute atomic E-state index is 0.0442. The summed E-state index contributed by atoms with van der Waals surface area (Å²) in [5, 5.41) is 14.6. The number of pyridine rings is 1. The number of halogens is 1. The van der Waals surface area contributed by atoms with Crippen molar-refractivity contribution in [3.8, 4) is 16.9 Å². The number of aromatic amines is 1. The quantitative estimate of drug-likeness (QED) is 0.417. The number of phenols is 1. The van der Waals surface area contributed by atoms with E-state index >= 15 is 0 Å². The lowest BCUT2D eigenvalue weighted by Crippen LogP contribution is -2.11. The Morgan fingerprint density at radius 1 is 1.04 bits per heavy atom. The molecule has 3 N–H and O–H groups in total. The number of phenolic OH excluding ortho intramolecular Hbond substituents is 1. The molecule has 5 heteroatoms. The number of para-hydroxylation sites is 1. The molecule has 2 aromatic carbocycles. The van der Waals surface area contributed by atoms with Crippen molar-refractivity contribution < 1.29 is 5.11 Å². The van der Waals surface area contributed by atoms with E-state index in [0.717, 1.165) is 33.4 Å². The first kappa shape index (κ1) is 14.5. The third-order valence-corrected chi connectivity index (χ3v) is 5.37. The van der Waals surface area contributed by atoms with Crippen LogP contribution in [-0.2, 0) is 0 Å². The number of fused-ring (bicyclic) bond motifs is 2. The van der Waals surface area contributed by atoms with Crippen LogP contribution in [-0.4, -0.2) is 15.1 Å². The Hall–Kier alpha value is -2.79. The van der Waals surface area contributed by atoms with Gasteiger partial charge in [-0.05, 0) is 51.3 Å². The molecule has 25 heavy (non-hydrogen) atoms. The lowest BCUT2D eigenvalue weighted by molar-refractivity contribution is 0.471. The predicted molar refractivity (Wildman–Crippen MR) is 103 cm³/mol. The number of aromatic nitrogens is 2. The first-order valence-electron chi connectivity index (χ1n) is 8.03. The Balaban J connectivity index is 1.83. The molecule has 0 amide bonds. The number of hydrogen-bond acceptors (Lipinski definition) is 3. The normalized spacial score (nSPS) is 15.5. The monoisotopic (exact) mass is 391 g/mol. The summed E-state index contributed by atoms with van der Waals surface area (Å²) in [5.41, 5.74) is 6.51. The zero-order valence-electron chi connectivity index (χ0n) is 13.1. The fraction of sp³-hybridized carbons (Fsp3) is 0.0500. The van der Waals surface area contributed by atoms with Gasteiger partial charge in [0, 0.05) is 34.6 Å². The largest absolute Gasteiger partial charge is 0.507 e. The van der Waals surface area contributed by atoms with Crippen LogP contribution in [0.15, 0.2) is 65.4 Å². The fourth-order valence-electron chi connectivity index (χ4n) is 3.58. The molecule has 0 spiro atoms. The maximum absolute atomic E-state index is 9.84. The molecule has 1 aliphatic rings. The molecular formula is C20H14BrN3O.